The molecule has 4 aliphatic rings. The summed E-state index contributed by atoms with van der Waals surface area (Å²) in [6.07, 6.45) is 32.1. The van der Waals surface area contributed by atoms with Gasteiger partial charge in [-0.3, -0.25) is 33.9 Å². The van der Waals surface area contributed by atoms with Crippen LogP contribution in [0.3, 0.4) is 0 Å². The van der Waals surface area contributed by atoms with Crippen LogP contribution in [0.25, 0.3) is 0 Å². The Balaban J connectivity index is 0.000000407. The van der Waals surface area contributed by atoms with Crippen LogP contribution >= 0.6 is 0 Å². The van der Waals surface area contributed by atoms with Gasteiger partial charge < -0.3 is 5.32 Å². The van der Waals surface area contributed by atoms with Gasteiger partial charge in [-0.1, -0.05) is 150 Å². The molecule has 0 radical (unpaired) electrons. The van der Waals surface area contributed by atoms with Crippen molar-refractivity contribution in [3.05, 3.63) is 0 Å². The van der Waals surface area contributed by atoms with Gasteiger partial charge in [0, 0.05) is 58.9 Å². The zero-order chi connectivity index (χ0) is 43.9. The number of imide groups is 2. The van der Waals surface area contributed by atoms with Crippen LogP contribution in [0, 0.1) is 11.8 Å². The molecule has 2 atom stereocenters. The molecule has 4 aliphatic heterocycles. The quantitative estimate of drug-likeness (QED) is 0.0769. The van der Waals surface area contributed by atoms with E-state index in [1.54, 1.807) is 9.80 Å². The highest BCUT2D eigenvalue weighted by molar-refractivity contribution is 6.04. The van der Waals surface area contributed by atoms with Crippen molar-refractivity contribution in [2.45, 2.75) is 291 Å². The smallest absolute Gasteiger partial charge is 0.233 e. The number of unbranched alkanes of at least 4 members (excludes halogenated alkanes) is 18. The highest BCUT2D eigenvalue weighted by Gasteiger charge is 2.51. The van der Waals surface area contributed by atoms with Gasteiger partial charge >= 0.3 is 0 Å². The van der Waals surface area contributed by atoms with Crippen molar-refractivity contribution >= 4 is 23.6 Å². The van der Waals surface area contributed by atoms with Gasteiger partial charge in [0.25, 0.3) is 0 Å². The number of carbonyl (C=O) groups excluding carboxylic acids is 4. The van der Waals surface area contributed by atoms with Gasteiger partial charge in [0.05, 0.1) is 0 Å². The van der Waals surface area contributed by atoms with Crippen LogP contribution in [-0.4, -0.2) is 79.6 Å². The maximum absolute atomic E-state index is 13.1. The van der Waals surface area contributed by atoms with Crippen LogP contribution < -0.4 is 5.32 Å². The normalized spacial score (nSPS) is 24.2. The van der Waals surface area contributed by atoms with Gasteiger partial charge in [-0.25, -0.2) is 0 Å². The lowest BCUT2D eigenvalue weighted by Gasteiger charge is -2.54. The average molecular weight is 843 g/mol. The lowest BCUT2D eigenvalue weighted by Crippen LogP contribution is -2.63. The molecule has 0 aromatic carbocycles. The number of nitrogens with one attached hydrogen (secondary N) is 1. The second kappa shape index (κ2) is 25.5. The standard InChI is InChI=1S/C26H48N2O2.C25H46N2O2.CH4/c1-7-8-9-10-11-12-13-14-15-16-17-21-18-23(29)28(24(21)30)22-19-25(2,3)27(6)26(4,5)20-22;1-6-7-8-9-10-11-12-13-14-15-16-20-17-22(28)27(23(20)29)21-18-24(2,3)26-25(4,5)19-21;/h21-22H,7-20H2,1-6H3;20-21,26H,6-19H2,1-5H3;1H4. The van der Waals surface area contributed by atoms with E-state index in [0.717, 1.165) is 51.4 Å². The maximum atomic E-state index is 13.1. The number of hydrogen-bond donors (Lipinski definition) is 1. The van der Waals surface area contributed by atoms with Crippen molar-refractivity contribution in [3.63, 3.8) is 0 Å². The molecule has 4 amide bonds. The third kappa shape index (κ3) is 17.1. The Morgan fingerprint density at radius 2 is 0.750 bits per heavy atom. The Bertz CT molecular complexity index is 1270. The molecule has 0 aliphatic carbocycles. The van der Waals surface area contributed by atoms with E-state index in [1.807, 2.05) is 0 Å². The molecule has 4 rings (SSSR count). The lowest BCUT2D eigenvalue weighted by atomic mass is 9.77. The first kappa shape index (κ1) is 54.3. The van der Waals surface area contributed by atoms with Crippen LogP contribution in [0.1, 0.15) is 256 Å². The van der Waals surface area contributed by atoms with E-state index in [1.165, 1.54) is 116 Å². The molecule has 0 spiro atoms. The van der Waals surface area contributed by atoms with Crippen molar-refractivity contribution in [1.82, 2.24) is 20.0 Å². The van der Waals surface area contributed by atoms with Crippen molar-refractivity contribution in [1.29, 1.82) is 0 Å². The predicted octanol–water partition coefficient (Wildman–Crippen LogP) is 12.9. The van der Waals surface area contributed by atoms with Gasteiger partial charge in [0.15, 0.2) is 0 Å². The molecule has 8 heteroatoms. The monoisotopic (exact) mass is 843 g/mol. The van der Waals surface area contributed by atoms with Crippen LogP contribution in [0.4, 0.5) is 0 Å². The Labute approximate surface area is 371 Å². The van der Waals surface area contributed by atoms with Gasteiger partial charge in [-0.2, -0.15) is 0 Å². The maximum Gasteiger partial charge on any atom is 0.233 e. The highest BCUT2D eigenvalue weighted by Crippen LogP contribution is 2.41. The molecule has 8 nitrogen and oxygen atoms in total. The number of carbonyl (C=O) groups is 4. The Hall–Kier alpha value is -1.80. The van der Waals surface area contributed by atoms with Crippen LogP contribution in [0.2, 0.25) is 0 Å². The van der Waals surface area contributed by atoms with Crippen LogP contribution in [-0.2, 0) is 19.2 Å². The van der Waals surface area contributed by atoms with E-state index in [4.69, 9.17) is 0 Å². The lowest BCUT2D eigenvalue weighted by molar-refractivity contribution is -0.147. The summed E-state index contributed by atoms with van der Waals surface area (Å²) < 4.78 is 0. The minimum atomic E-state index is -0.0718. The largest absolute Gasteiger partial charge is 0.307 e. The molecule has 0 saturated carbocycles. The SMILES string of the molecule is C.CCCCCCCCCCCCC1CC(=O)N(C2CC(C)(C)N(C)C(C)(C)C2)C1=O.CCCCCCCCCCCCC1CC(=O)N(C2CC(C)(C)NC(C)(C)C2)C1=O. The summed E-state index contributed by atoms with van der Waals surface area (Å²) in [5.41, 5.74) is -0.133. The Morgan fingerprint density at radius 1 is 0.467 bits per heavy atom. The fourth-order valence-electron chi connectivity index (χ4n) is 11.4. The fraction of sp³-hybridized carbons (Fsp3) is 0.923. The molecule has 60 heavy (non-hydrogen) atoms. The minimum Gasteiger partial charge on any atom is -0.307 e. The average Bonchev–Trinajstić information content (AvgIpc) is 3.58. The highest BCUT2D eigenvalue weighted by atomic mass is 16.2. The number of hydrogen-bond acceptors (Lipinski definition) is 6. The molecule has 0 aromatic heterocycles. The summed E-state index contributed by atoms with van der Waals surface area (Å²) in [6, 6.07) is 0.0860. The molecule has 0 bridgehead atoms. The molecule has 0 aromatic rings. The summed E-state index contributed by atoms with van der Waals surface area (Å²) in [7, 11) is 2.16. The molecule has 4 heterocycles. The summed E-state index contributed by atoms with van der Waals surface area (Å²) in [6.45, 7) is 22.1. The third-order valence-electron chi connectivity index (χ3n) is 14.6. The van der Waals surface area contributed by atoms with Gasteiger partial charge in [-0.05, 0) is 101 Å². The number of nitrogens with zero attached hydrogens (tertiary/aromatic N) is 3. The first-order chi connectivity index (χ1) is 27.7. The second-order valence-corrected chi connectivity index (χ2v) is 22.1. The Kier molecular flexibility index (Phi) is 23.1. The van der Waals surface area contributed by atoms with Crippen LogP contribution in [0.15, 0.2) is 0 Å². The number of piperidine rings is 2. The van der Waals surface area contributed by atoms with E-state index in [2.05, 4.69) is 86.5 Å². The number of amides is 4. The topological polar surface area (TPSA) is 90.0 Å². The van der Waals surface area contributed by atoms with Gasteiger partial charge in [-0.15, -0.1) is 0 Å². The van der Waals surface area contributed by atoms with E-state index < -0.39 is 0 Å². The van der Waals surface area contributed by atoms with Crippen molar-refractivity contribution in [2.24, 2.45) is 11.8 Å². The van der Waals surface area contributed by atoms with E-state index in [-0.39, 0.29) is 77.1 Å². The van der Waals surface area contributed by atoms with Crippen LogP contribution in [0.5, 0.6) is 0 Å². The molecular formula is C52H98N4O4. The Morgan fingerprint density at radius 3 is 1.07 bits per heavy atom. The zero-order valence-electron chi connectivity index (χ0n) is 40.6. The molecule has 1 N–H and O–H groups in total. The molecule has 4 fully saturated rings. The number of rotatable bonds is 24. The second-order valence-electron chi connectivity index (χ2n) is 22.1. The predicted molar refractivity (Wildman–Crippen MR) is 253 cm³/mol. The minimum absolute atomic E-state index is 0. The first-order valence-electron chi connectivity index (χ1n) is 25.0. The molecule has 2 unspecified atom stereocenters. The number of likely N-dealkylation sites (tertiary alicyclic amines) is 3. The van der Waals surface area contributed by atoms with Gasteiger partial charge in [0.2, 0.25) is 23.6 Å². The van der Waals surface area contributed by atoms with E-state index >= 15 is 0 Å². The molecule has 4 saturated heterocycles. The van der Waals surface area contributed by atoms with E-state index in [0.29, 0.717) is 12.8 Å². The van der Waals surface area contributed by atoms with Gasteiger partial charge in [0.1, 0.15) is 0 Å². The summed E-state index contributed by atoms with van der Waals surface area (Å²) in [5, 5.41) is 3.65. The summed E-state index contributed by atoms with van der Waals surface area (Å²) in [5.74, 6) is 0.195. The molecular weight excluding hydrogens is 745 g/mol. The van der Waals surface area contributed by atoms with Crippen molar-refractivity contribution in [2.75, 3.05) is 7.05 Å². The zero-order valence-corrected chi connectivity index (χ0v) is 40.6. The van der Waals surface area contributed by atoms with Crippen molar-refractivity contribution in [3.8, 4) is 0 Å². The molecule has 350 valence electrons. The van der Waals surface area contributed by atoms with E-state index in [9.17, 15) is 19.2 Å². The van der Waals surface area contributed by atoms with Crippen molar-refractivity contribution < 1.29 is 19.2 Å². The summed E-state index contributed by atoms with van der Waals surface area (Å²) in [4.78, 5) is 57.3. The summed E-state index contributed by atoms with van der Waals surface area (Å²) >= 11 is 0. The fourth-order valence-corrected chi connectivity index (χ4v) is 11.4. The third-order valence-corrected chi connectivity index (χ3v) is 14.6. The first-order valence-corrected chi connectivity index (χ1v) is 25.0.